The van der Waals surface area contributed by atoms with Crippen LogP contribution < -0.4 is 14.4 Å². The molecular formula is C30H31N5O5S2. The summed E-state index contributed by atoms with van der Waals surface area (Å²) >= 11 is 1.34. The maximum Gasteiger partial charge on any atom is 0.240 e. The van der Waals surface area contributed by atoms with Crippen molar-refractivity contribution in [3.8, 4) is 5.88 Å². The van der Waals surface area contributed by atoms with Gasteiger partial charge < -0.3 is 14.5 Å². The Bertz CT molecular complexity index is 1780. The highest BCUT2D eigenvalue weighted by molar-refractivity contribution is 7.89. The summed E-state index contributed by atoms with van der Waals surface area (Å²) in [6.07, 6.45) is 1.29. The number of likely N-dealkylation sites (tertiary alicyclic amines) is 1. The minimum Gasteiger partial charge on any atom is -0.481 e. The monoisotopic (exact) mass is 605 g/mol. The Morgan fingerprint density at radius 1 is 1.07 bits per heavy atom. The number of nitrogens with zero attached hydrogens (tertiary/aromatic N) is 4. The zero-order valence-electron chi connectivity index (χ0n) is 23.4. The molecule has 2 aliphatic heterocycles. The van der Waals surface area contributed by atoms with E-state index in [0.29, 0.717) is 59.4 Å². The number of hydrogen-bond donors (Lipinski definition) is 1. The Balaban J connectivity index is 1.27. The van der Waals surface area contributed by atoms with Crippen molar-refractivity contribution in [2.75, 3.05) is 38.2 Å². The Hall–Kier alpha value is -3.87. The second-order valence-corrected chi connectivity index (χ2v) is 13.6. The molecule has 0 aliphatic carbocycles. The molecule has 2 aliphatic rings. The van der Waals surface area contributed by atoms with Gasteiger partial charge >= 0.3 is 0 Å². The van der Waals surface area contributed by atoms with Crippen molar-refractivity contribution in [2.24, 2.45) is 0 Å². The van der Waals surface area contributed by atoms with E-state index in [0.717, 1.165) is 11.1 Å². The number of sulfonamides is 1. The highest BCUT2D eigenvalue weighted by Gasteiger charge is 2.49. The van der Waals surface area contributed by atoms with E-state index in [1.807, 2.05) is 36.4 Å². The Morgan fingerprint density at radius 2 is 1.88 bits per heavy atom. The number of nitrogens with one attached hydrogen (secondary N) is 1. The second-order valence-electron chi connectivity index (χ2n) is 10.7. The van der Waals surface area contributed by atoms with Crippen LogP contribution in [0.4, 0.5) is 5.69 Å². The Morgan fingerprint density at radius 3 is 2.62 bits per heavy atom. The molecule has 1 atom stereocenters. The number of rotatable bonds is 8. The smallest absolute Gasteiger partial charge is 0.240 e. The summed E-state index contributed by atoms with van der Waals surface area (Å²) in [5.41, 5.74) is 2.65. The highest BCUT2D eigenvalue weighted by atomic mass is 32.2. The number of amides is 2. The molecule has 2 aromatic carbocycles. The van der Waals surface area contributed by atoms with E-state index >= 15 is 0 Å². The van der Waals surface area contributed by atoms with Crippen molar-refractivity contribution in [1.29, 1.82) is 0 Å². The lowest BCUT2D eigenvalue weighted by Gasteiger charge is -2.25. The number of methoxy groups -OCH3 is 1. The molecule has 4 heterocycles. The average molecular weight is 606 g/mol. The standard InChI is InChI=1S/C30H31N5O5S2/c1-20(36)34-15-13-30(18-34)19-35(28(37)17-27-32-24-9-11-26(40-2)33-29(24)41-27)25-10-8-22(16-23(25)30)42(38,39)31-14-12-21-6-4-3-5-7-21/h3-11,16,31H,12-15,17-19H2,1-2H3. The summed E-state index contributed by atoms with van der Waals surface area (Å²) in [6, 6.07) is 18.2. The van der Waals surface area contributed by atoms with Gasteiger partial charge in [-0.3, -0.25) is 9.59 Å². The molecule has 1 fully saturated rings. The molecule has 6 rings (SSSR count). The number of benzene rings is 2. The second kappa shape index (κ2) is 11.1. The number of hydrogen-bond acceptors (Lipinski definition) is 8. The Kier molecular flexibility index (Phi) is 7.46. The molecular weight excluding hydrogens is 574 g/mol. The van der Waals surface area contributed by atoms with Crippen LogP contribution in [0.5, 0.6) is 5.88 Å². The minimum atomic E-state index is -3.79. The van der Waals surface area contributed by atoms with Crippen molar-refractivity contribution in [3.05, 3.63) is 76.8 Å². The van der Waals surface area contributed by atoms with Crippen LogP contribution in [0.3, 0.4) is 0 Å². The van der Waals surface area contributed by atoms with Gasteiger partial charge in [0.2, 0.25) is 27.7 Å². The number of ether oxygens (including phenoxy) is 1. The fraction of sp³-hybridized carbons (Fsp3) is 0.333. The molecule has 0 saturated carbocycles. The van der Waals surface area contributed by atoms with Crippen LogP contribution in [0.2, 0.25) is 0 Å². The molecule has 1 saturated heterocycles. The summed E-state index contributed by atoms with van der Waals surface area (Å²) in [4.78, 5) is 39.3. The highest BCUT2D eigenvalue weighted by Crippen LogP contribution is 2.47. The van der Waals surface area contributed by atoms with E-state index in [2.05, 4.69) is 14.7 Å². The Labute approximate surface area is 248 Å². The SMILES string of the molecule is COc1ccc2nc(CC(=O)N3CC4(CCN(C(C)=O)C4)c4cc(S(=O)(=O)NCCc5ccccc5)ccc43)sc2n1. The zero-order chi connectivity index (χ0) is 29.5. The van der Waals surface area contributed by atoms with E-state index in [9.17, 15) is 18.0 Å². The van der Waals surface area contributed by atoms with Crippen LogP contribution in [-0.4, -0.2) is 68.4 Å². The zero-order valence-corrected chi connectivity index (χ0v) is 25.0. The van der Waals surface area contributed by atoms with Crippen molar-refractivity contribution in [2.45, 2.75) is 36.5 Å². The summed E-state index contributed by atoms with van der Waals surface area (Å²) in [6.45, 7) is 3.14. The maximum absolute atomic E-state index is 13.7. The van der Waals surface area contributed by atoms with Gasteiger partial charge in [0.05, 0.1) is 18.4 Å². The number of thiazole rings is 1. The van der Waals surface area contributed by atoms with Crippen molar-refractivity contribution >= 4 is 49.2 Å². The molecule has 1 unspecified atom stereocenters. The first-order valence-electron chi connectivity index (χ1n) is 13.7. The number of anilines is 1. The van der Waals surface area contributed by atoms with Crippen molar-refractivity contribution in [1.82, 2.24) is 19.6 Å². The lowest BCUT2D eigenvalue weighted by Crippen LogP contribution is -2.40. The first-order chi connectivity index (χ1) is 20.2. The number of carbonyl (C=O) groups is 2. The third-order valence-corrected chi connectivity index (χ3v) is 10.5. The molecule has 4 aromatic rings. The van der Waals surface area contributed by atoms with Crippen LogP contribution in [-0.2, 0) is 37.9 Å². The first kappa shape index (κ1) is 28.3. The molecule has 1 N–H and O–H groups in total. The molecule has 218 valence electrons. The summed E-state index contributed by atoms with van der Waals surface area (Å²) < 4.78 is 34.5. The fourth-order valence-electron chi connectivity index (χ4n) is 5.85. The number of aromatic nitrogens is 2. The maximum atomic E-state index is 13.7. The van der Waals surface area contributed by atoms with Gasteiger partial charge in [-0.15, -0.1) is 0 Å². The predicted octanol–water partition coefficient (Wildman–Crippen LogP) is 3.30. The molecule has 1 spiro atoms. The topological polar surface area (TPSA) is 122 Å². The van der Waals surface area contributed by atoms with E-state index < -0.39 is 15.4 Å². The van der Waals surface area contributed by atoms with Gasteiger partial charge in [-0.1, -0.05) is 41.7 Å². The fourth-order valence-corrected chi connectivity index (χ4v) is 7.82. The predicted molar refractivity (Wildman–Crippen MR) is 160 cm³/mol. The first-order valence-corrected chi connectivity index (χ1v) is 16.0. The molecule has 2 amide bonds. The van der Waals surface area contributed by atoms with Crippen LogP contribution in [0.15, 0.2) is 65.6 Å². The summed E-state index contributed by atoms with van der Waals surface area (Å²) in [5.74, 6) is 0.301. The van der Waals surface area contributed by atoms with Gasteiger partial charge in [-0.05, 0) is 48.2 Å². The number of pyridine rings is 1. The van der Waals surface area contributed by atoms with Crippen LogP contribution in [0.1, 0.15) is 29.5 Å². The van der Waals surface area contributed by atoms with Gasteiger partial charge in [0, 0.05) is 50.3 Å². The molecule has 2 aromatic heterocycles. The lowest BCUT2D eigenvalue weighted by atomic mass is 9.81. The number of fused-ring (bicyclic) bond motifs is 3. The molecule has 0 radical (unpaired) electrons. The van der Waals surface area contributed by atoms with Gasteiger partial charge in [0.15, 0.2) is 0 Å². The summed E-state index contributed by atoms with van der Waals surface area (Å²) in [7, 11) is -2.24. The van der Waals surface area contributed by atoms with E-state index in [-0.39, 0.29) is 29.7 Å². The van der Waals surface area contributed by atoms with Crippen LogP contribution >= 0.6 is 11.3 Å². The van der Waals surface area contributed by atoms with E-state index in [1.54, 1.807) is 41.2 Å². The van der Waals surface area contributed by atoms with Gasteiger partial charge in [0.1, 0.15) is 15.4 Å². The van der Waals surface area contributed by atoms with Crippen LogP contribution in [0, 0.1) is 0 Å². The minimum absolute atomic E-state index is 0.0399. The largest absolute Gasteiger partial charge is 0.481 e. The molecule has 10 nitrogen and oxygen atoms in total. The van der Waals surface area contributed by atoms with Gasteiger partial charge in [0.25, 0.3) is 0 Å². The van der Waals surface area contributed by atoms with E-state index in [1.165, 1.54) is 18.3 Å². The third kappa shape index (κ3) is 5.37. The van der Waals surface area contributed by atoms with Gasteiger partial charge in [-0.25, -0.2) is 23.1 Å². The van der Waals surface area contributed by atoms with E-state index in [4.69, 9.17) is 4.74 Å². The van der Waals surface area contributed by atoms with Crippen molar-refractivity contribution < 1.29 is 22.7 Å². The van der Waals surface area contributed by atoms with Crippen LogP contribution in [0.25, 0.3) is 10.3 Å². The lowest BCUT2D eigenvalue weighted by molar-refractivity contribution is -0.127. The third-order valence-electron chi connectivity index (χ3n) is 8.04. The normalized spacial score (nSPS) is 18.1. The molecule has 0 bridgehead atoms. The molecule has 42 heavy (non-hydrogen) atoms. The van der Waals surface area contributed by atoms with Crippen molar-refractivity contribution in [3.63, 3.8) is 0 Å². The number of carbonyl (C=O) groups excluding carboxylic acids is 2. The quantitative estimate of drug-likeness (QED) is 0.327. The average Bonchev–Trinajstić information content (AvgIpc) is 3.68. The molecule has 12 heteroatoms. The van der Waals surface area contributed by atoms with Gasteiger partial charge in [-0.2, -0.15) is 0 Å². The summed E-state index contributed by atoms with van der Waals surface area (Å²) in [5, 5.41) is 0.636.